The Labute approximate surface area is 188 Å². The molecule has 2 saturated heterocycles. The summed E-state index contributed by atoms with van der Waals surface area (Å²) in [7, 11) is 0. The summed E-state index contributed by atoms with van der Waals surface area (Å²) in [6, 6.07) is 9.65. The molecular weight excluding hydrogens is 438 g/mol. The number of ether oxygens (including phenoxy) is 2. The Morgan fingerprint density at radius 3 is 2.52 bits per heavy atom. The summed E-state index contributed by atoms with van der Waals surface area (Å²) >= 11 is 0. The fourth-order valence-electron chi connectivity index (χ4n) is 4.14. The Balaban J connectivity index is 1.53. The van der Waals surface area contributed by atoms with E-state index < -0.39 is 30.5 Å². The minimum Gasteiger partial charge on any atom is -0.508 e. The van der Waals surface area contributed by atoms with Gasteiger partial charge in [0.1, 0.15) is 30.2 Å². The molecule has 0 radical (unpaired) electrons. The smallest absolute Gasteiger partial charge is 0.387 e. The van der Waals surface area contributed by atoms with E-state index in [1.807, 2.05) is 0 Å². The highest BCUT2D eigenvalue weighted by atomic mass is 19.3. The van der Waals surface area contributed by atoms with E-state index >= 15 is 0 Å². The second kappa shape index (κ2) is 9.53. The molecule has 3 atom stereocenters. The number of likely N-dealkylation sites (tertiary alicyclic amines) is 1. The predicted molar refractivity (Wildman–Crippen MR) is 111 cm³/mol. The average Bonchev–Trinajstić information content (AvgIpc) is 3.37. The van der Waals surface area contributed by atoms with Crippen LogP contribution in [0.15, 0.2) is 48.5 Å². The number of phenols is 1. The van der Waals surface area contributed by atoms with Crippen LogP contribution in [0.4, 0.5) is 8.78 Å². The molecule has 33 heavy (non-hydrogen) atoms. The number of phenolic OH excluding ortho intramolecular Hbond substituents is 1. The Kier molecular flexibility index (Phi) is 6.55. The summed E-state index contributed by atoms with van der Waals surface area (Å²) in [6.45, 7) is -2.69. The number of Topliss-reactive ketones (excluding diaryl/α,β-unsaturated/α-hetero) is 1. The third-order valence-corrected chi connectivity index (χ3v) is 5.72. The number of alkyl halides is 2. The molecule has 2 aromatic carbocycles. The molecule has 8 nitrogen and oxygen atoms in total. The molecule has 174 valence electrons. The second-order valence-electron chi connectivity index (χ2n) is 7.88. The average molecular weight is 460 g/mol. The SMILES string of the molecule is O=C(NC(Cc1ccc(O)cc1)C(=O)N1CCC2OCC(=O)C21)c1ccc(OC(F)F)cc1. The minimum absolute atomic E-state index is 0.0405. The van der Waals surface area contributed by atoms with E-state index in [-0.39, 0.29) is 42.0 Å². The summed E-state index contributed by atoms with van der Waals surface area (Å²) in [5.74, 6) is -1.20. The van der Waals surface area contributed by atoms with Crippen molar-refractivity contribution < 1.29 is 37.7 Å². The van der Waals surface area contributed by atoms with E-state index in [9.17, 15) is 28.3 Å². The van der Waals surface area contributed by atoms with Crippen LogP contribution in [0, 0.1) is 0 Å². The fourth-order valence-corrected chi connectivity index (χ4v) is 4.14. The quantitative estimate of drug-likeness (QED) is 0.654. The molecule has 10 heteroatoms. The first-order valence-corrected chi connectivity index (χ1v) is 10.4. The molecule has 3 unspecified atom stereocenters. The van der Waals surface area contributed by atoms with Gasteiger partial charge in [0, 0.05) is 18.5 Å². The topological polar surface area (TPSA) is 105 Å². The van der Waals surface area contributed by atoms with Crippen LogP contribution in [0.2, 0.25) is 0 Å². The van der Waals surface area contributed by atoms with Crippen LogP contribution in [0.3, 0.4) is 0 Å². The van der Waals surface area contributed by atoms with Crippen molar-refractivity contribution in [2.24, 2.45) is 0 Å². The number of rotatable bonds is 7. The van der Waals surface area contributed by atoms with Crippen LogP contribution in [-0.4, -0.2) is 65.6 Å². The first kappa shape index (κ1) is 22.7. The summed E-state index contributed by atoms with van der Waals surface area (Å²) in [4.78, 5) is 39.9. The summed E-state index contributed by atoms with van der Waals surface area (Å²) < 4.78 is 34.4. The number of nitrogens with one attached hydrogen (secondary N) is 1. The number of carbonyl (C=O) groups is 3. The van der Waals surface area contributed by atoms with Crippen molar-refractivity contribution in [2.75, 3.05) is 13.2 Å². The number of ketones is 1. The van der Waals surface area contributed by atoms with Gasteiger partial charge in [-0.1, -0.05) is 12.1 Å². The number of aromatic hydroxyl groups is 1. The first-order valence-electron chi connectivity index (χ1n) is 10.4. The van der Waals surface area contributed by atoms with Gasteiger partial charge in [-0.25, -0.2) is 0 Å². The Morgan fingerprint density at radius 2 is 1.85 bits per heavy atom. The highest BCUT2D eigenvalue weighted by Crippen LogP contribution is 2.28. The number of benzene rings is 2. The number of hydrogen-bond donors (Lipinski definition) is 2. The van der Waals surface area contributed by atoms with Gasteiger partial charge < -0.3 is 24.8 Å². The lowest BCUT2D eigenvalue weighted by molar-refractivity contribution is -0.138. The molecule has 2 aromatic rings. The number of halogens is 2. The maximum absolute atomic E-state index is 13.4. The summed E-state index contributed by atoms with van der Waals surface area (Å²) in [6.07, 6.45) is 0.322. The molecule has 2 aliphatic rings. The second-order valence-corrected chi connectivity index (χ2v) is 7.88. The largest absolute Gasteiger partial charge is 0.508 e. The zero-order valence-electron chi connectivity index (χ0n) is 17.4. The van der Waals surface area contributed by atoms with Gasteiger partial charge in [0.25, 0.3) is 5.91 Å². The highest BCUT2D eigenvalue weighted by molar-refractivity contribution is 5.99. The minimum atomic E-state index is -2.98. The molecule has 0 saturated carbocycles. The van der Waals surface area contributed by atoms with Gasteiger partial charge in [-0.15, -0.1) is 0 Å². The van der Waals surface area contributed by atoms with E-state index in [0.717, 1.165) is 0 Å². The van der Waals surface area contributed by atoms with Crippen molar-refractivity contribution in [3.63, 3.8) is 0 Å². The molecule has 2 N–H and O–H groups in total. The third kappa shape index (κ3) is 5.11. The number of fused-ring (bicyclic) bond motifs is 1. The molecule has 0 spiro atoms. The van der Waals surface area contributed by atoms with Crippen molar-refractivity contribution in [3.8, 4) is 11.5 Å². The molecule has 2 heterocycles. The zero-order chi connectivity index (χ0) is 23.5. The Hall–Kier alpha value is -3.53. The van der Waals surface area contributed by atoms with Crippen LogP contribution in [0.25, 0.3) is 0 Å². The zero-order valence-corrected chi connectivity index (χ0v) is 17.4. The van der Waals surface area contributed by atoms with Gasteiger partial charge in [0.2, 0.25) is 5.91 Å². The van der Waals surface area contributed by atoms with Crippen LogP contribution >= 0.6 is 0 Å². The van der Waals surface area contributed by atoms with E-state index in [1.165, 1.54) is 41.3 Å². The molecule has 4 rings (SSSR count). The lowest BCUT2D eigenvalue weighted by Crippen LogP contribution is -2.53. The van der Waals surface area contributed by atoms with Crippen LogP contribution in [-0.2, 0) is 20.7 Å². The summed E-state index contributed by atoms with van der Waals surface area (Å²) in [5.41, 5.74) is 0.844. The van der Waals surface area contributed by atoms with Gasteiger partial charge in [0.15, 0.2) is 5.78 Å². The lowest BCUT2D eigenvalue weighted by atomic mass is 10.0. The van der Waals surface area contributed by atoms with Gasteiger partial charge >= 0.3 is 6.61 Å². The predicted octanol–water partition coefficient (Wildman–Crippen LogP) is 1.90. The lowest BCUT2D eigenvalue weighted by Gasteiger charge is -2.27. The molecule has 0 aromatic heterocycles. The van der Waals surface area contributed by atoms with E-state index in [4.69, 9.17) is 4.74 Å². The molecule has 2 amide bonds. The van der Waals surface area contributed by atoms with Crippen molar-refractivity contribution in [1.82, 2.24) is 10.2 Å². The molecule has 2 aliphatic heterocycles. The van der Waals surface area contributed by atoms with Crippen molar-refractivity contribution in [1.29, 1.82) is 0 Å². The molecule has 0 aliphatic carbocycles. The van der Waals surface area contributed by atoms with Crippen molar-refractivity contribution in [3.05, 3.63) is 59.7 Å². The monoisotopic (exact) mass is 460 g/mol. The normalized spacial score (nSPS) is 20.6. The van der Waals surface area contributed by atoms with Gasteiger partial charge in [-0.2, -0.15) is 8.78 Å². The first-order chi connectivity index (χ1) is 15.8. The van der Waals surface area contributed by atoms with Gasteiger partial charge in [-0.3, -0.25) is 14.4 Å². The standard InChI is InChI=1S/C23H22F2N2O6/c24-23(25)33-16-7-3-14(4-8-16)21(30)26-17(11-13-1-5-15(28)6-2-13)22(31)27-10-9-19-20(27)18(29)12-32-19/h1-8,17,19-20,23,28H,9-12H2,(H,26,30). The fraction of sp³-hybridized carbons (Fsp3) is 0.348. The molecular formula is C23H22F2N2O6. The van der Waals surface area contributed by atoms with E-state index in [2.05, 4.69) is 10.1 Å². The number of amides is 2. The summed E-state index contributed by atoms with van der Waals surface area (Å²) in [5, 5.41) is 12.2. The van der Waals surface area contributed by atoms with Gasteiger partial charge in [0.05, 0.1) is 6.10 Å². The highest BCUT2D eigenvalue weighted by Gasteiger charge is 2.48. The van der Waals surface area contributed by atoms with Crippen LogP contribution < -0.4 is 10.1 Å². The number of carbonyl (C=O) groups excluding carboxylic acids is 3. The molecule has 2 fully saturated rings. The third-order valence-electron chi connectivity index (χ3n) is 5.72. The van der Waals surface area contributed by atoms with E-state index in [0.29, 0.717) is 18.5 Å². The van der Waals surface area contributed by atoms with Crippen molar-refractivity contribution >= 4 is 17.6 Å². The number of hydrogen-bond acceptors (Lipinski definition) is 6. The van der Waals surface area contributed by atoms with Crippen LogP contribution in [0.5, 0.6) is 11.5 Å². The Bertz CT molecular complexity index is 1030. The van der Waals surface area contributed by atoms with E-state index in [1.54, 1.807) is 12.1 Å². The van der Waals surface area contributed by atoms with Gasteiger partial charge in [-0.05, 0) is 48.4 Å². The Morgan fingerprint density at radius 1 is 1.15 bits per heavy atom. The van der Waals surface area contributed by atoms with Crippen molar-refractivity contribution in [2.45, 2.75) is 37.6 Å². The molecule has 0 bridgehead atoms. The maximum Gasteiger partial charge on any atom is 0.387 e. The number of nitrogens with zero attached hydrogens (tertiary/aromatic N) is 1. The maximum atomic E-state index is 13.4. The van der Waals surface area contributed by atoms with Crippen LogP contribution in [0.1, 0.15) is 22.3 Å².